The quantitative estimate of drug-likeness (QED) is 0.339. The highest BCUT2D eigenvalue weighted by molar-refractivity contribution is 7.76. The number of hydrogen-bond donors (Lipinski definition) is 1. The van der Waals surface area contributed by atoms with E-state index in [0.29, 0.717) is 39.3 Å². The van der Waals surface area contributed by atoms with Crippen LogP contribution in [-0.4, -0.2) is 45.0 Å². The highest BCUT2D eigenvalue weighted by Crippen LogP contribution is 2.34. The van der Waals surface area contributed by atoms with Crippen molar-refractivity contribution < 1.29 is 23.0 Å². The third kappa shape index (κ3) is 7.80. The fourth-order valence-corrected chi connectivity index (χ4v) is 5.15. The number of benzene rings is 3. The molecule has 1 aliphatic carbocycles. The third-order valence-electron chi connectivity index (χ3n) is 6.71. The second-order valence-corrected chi connectivity index (χ2v) is 10.3. The number of rotatable bonds is 12. The summed E-state index contributed by atoms with van der Waals surface area (Å²) in [7, 11) is 1.68. The molecule has 36 heavy (non-hydrogen) atoms. The summed E-state index contributed by atoms with van der Waals surface area (Å²) in [5.74, 6) is 0.00273. The van der Waals surface area contributed by atoms with Gasteiger partial charge in [0.1, 0.15) is 0 Å². The lowest BCUT2D eigenvalue weighted by Gasteiger charge is -2.43. The van der Waals surface area contributed by atoms with Gasteiger partial charge < -0.3 is 14.2 Å². The fourth-order valence-electron chi connectivity index (χ4n) is 4.73. The van der Waals surface area contributed by atoms with Gasteiger partial charge in [0.15, 0.2) is 0 Å². The molecule has 0 amide bonds. The Labute approximate surface area is 216 Å². The number of nitrogens with zero attached hydrogens (tertiary/aromatic N) is 1. The van der Waals surface area contributed by atoms with E-state index in [1.54, 1.807) is 7.05 Å². The smallest absolute Gasteiger partial charge is 0.234 e. The molecule has 0 aromatic heterocycles. The Morgan fingerprint density at radius 2 is 1.28 bits per heavy atom. The average molecular weight is 510 g/mol. The summed E-state index contributed by atoms with van der Waals surface area (Å²) in [5.41, 5.74) is 3.29. The number of ether oxygens (including phenoxy) is 3. The van der Waals surface area contributed by atoms with E-state index in [0.717, 1.165) is 16.7 Å². The normalized spacial score (nSPS) is 23.0. The first-order valence-electron chi connectivity index (χ1n) is 12.4. The van der Waals surface area contributed by atoms with Crippen molar-refractivity contribution in [2.75, 3.05) is 13.7 Å². The molecule has 1 aliphatic rings. The Hall–Kier alpha value is -2.39. The molecule has 7 heteroatoms. The molecule has 4 rings (SSSR count). The standard InChI is InChI=1S/C29H35NO5S/c1-30(36(31)32)27-17-26(22-33-19-23-11-5-2-6-12-23)29(35-21-25-15-9-4-10-16-25)28(18-27)34-20-24-13-7-3-8-14-24/h2-16,26-29H,17-22H2,1H3,(H,31,32)/t26?,27-,28?,29+/m0/s1. The maximum atomic E-state index is 11.9. The first kappa shape index (κ1) is 26.7. The van der Waals surface area contributed by atoms with Gasteiger partial charge in [-0.3, -0.25) is 4.55 Å². The van der Waals surface area contributed by atoms with E-state index < -0.39 is 11.3 Å². The summed E-state index contributed by atoms with van der Waals surface area (Å²) < 4.78 is 42.3. The topological polar surface area (TPSA) is 68.2 Å². The number of hydrogen-bond acceptors (Lipinski definition) is 4. The molecule has 0 aliphatic heterocycles. The maximum absolute atomic E-state index is 11.9. The maximum Gasteiger partial charge on any atom is 0.234 e. The molecule has 5 atom stereocenters. The fraction of sp³-hybridized carbons (Fsp3) is 0.379. The van der Waals surface area contributed by atoms with Crippen LogP contribution in [0.2, 0.25) is 0 Å². The predicted molar refractivity (Wildman–Crippen MR) is 141 cm³/mol. The van der Waals surface area contributed by atoms with Gasteiger partial charge >= 0.3 is 0 Å². The summed E-state index contributed by atoms with van der Waals surface area (Å²) in [6, 6.07) is 30.1. The van der Waals surface area contributed by atoms with Gasteiger partial charge in [0.05, 0.1) is 38.6 Å². The molecule has 0 spiro atoms. The zero-order valence-corrected chi connectivity index (χ0v) is 21.5. The molecule has 0 saturated heterocycles. The molecule has 1 saturated carbocycles. The molecule has 6 nitrogen and oxygen atoms in total. The summed E-state index contributed by atoms with van der Waals surface area (Å²) in [6.07, 6.45) is 0.831. The lowest BCUT2D eigenvalue weighted by molar-refractivity contribution is -0.149. The first-order valence-corrected chi connectivity index (χ1v) is 13.4. The van der Waals surface area contributed by atoms with Gasteiger partial charge in [-0.05, 0) is 29.5 Å². The van der Waals surface area contributed by atoms with E-state index in [1.165, 1.54) is 4.31 Å². The van der Waals surface area contributed by atoms with Crippen molar-refractivity contribution in [1.29, 1.82) is 0 Å². The summed E-state index contributed by atoms with van der Waals surface area (Å²) in [5, 5.41) is 0. The molecule has 3 unspecified atom stereocenters. The Morgan fingerprint density at radius 1 is 0.778 bits per heavy atom. The van der Waals surface area contributed by atoms with Crippen molar-refractivity contribution in [3.05, 3.63) is 108 Å². The van der Waals surface area contributed by atoms with Crippen LogP contribution in [0.5, 0.6) is 0 Å². The van der Waals surface area contributed by atoms with Crippen molar-refractivity contribution in [1.82, 2.24) is 4.31 Å². The van der Waals surface area contributed by atoms with Gasteiger partial charge in [-0.25, -0.2) is 8.51 Å². The van der Waals surface area contributed by atoms with Crippen LogP contribution in [-0.2, 0) is 45.3 Å². The zero-order valence-electron chi connectivity index (χ0n) is 20.6. The lowest BCUT2D eigenvalue weighted by Crippen LogP contribution is -2.51. The molecular formula is C29H35NO5S. The van der Waals surface area contributed by atoms with Gasteiger partial charge in [-0.1, -0.05) is 91.0 Å². The monoisotopic (exact) mass is 509 g/mol. The second kappa shape index (κ2) is 13.8. The van der Waals surface area contributed by atoms with Crippen molar-refractivity contribution >= 4 is 11.3 Å². The molecule has 1 N–H and O–H groups in total. The van der Waals surface area contributed by atoms with Gasteiger partial charge in [0.2, 0.25) is 11.3 Å². The minimum atomic E-state index is -2.06. The highest BCUT2D eigenvalue weighted by atomic mass is 32.2. The van der Waals surface area contributed by atoms with Crippen molar-refractivity contribution in [3.8, 4) is 0 Å². The van der Waals surface area contributed by atoms with Crippen LogP contribution in [0, 0.1) is 5.92 Å². The minimum Gasteiger partial charge on any atom is -0.376 e. The molecule has 0 bridgehead atoms. The summed E-state index contributed by atoms with van der Waals surface area (Å²) >= 11 is -2.06. The van der Waals surface area contributed by atoms with Crippen LogP contribution in [0.15, 0.2) is 91.0 Å². The van der Waals surface area contributed by atoms with E-state index >= 15 is 0 Å². The molecule has 0 heterocycles. The first-order chi connectivity index (χ1) is 17.6. The molecule has 3 aromatic rings. The third-order valence-corrected chi connectivity index (χ3v) is 7.50. The van der Waals surface area contributed by atoms with Crippen LogP contribution in [0.4, 0.5) is 0 Å². The van der Waals surface area contributed by atoms with Crippen LogP contribution in [0.1, 0.15) is 29.5 Å². The molecule has 1 fully saturated rings. The predicted octanol–water partition coefficient (Wildman–Crippen LogP) is 5.22. The van der Waals surface area contributed by atoms with E-state index in [2.05, 4.69) is 12.1 Å². The largest absolute Gasteiger partial charge is 0.376 e. The van der Waals surface area contributed by atoms with E-state index in [-0.39, 0.29) is 24.2 Å². The van der Waals surface area contributed by atoms with Gasteiger partial charge in [0.25, 0.3) is 0 Å². The van der Waals surface area contributed by atoms with Crippen molar-refractivity contribution in [2.45, 2.75) is 50.9 Å². The lowest BCUT2D eigenvalue weighted by atomic mass is 9.81. The zero-order chi connectivity index (χ0) is 25.2. The molecule has 192 valence electrons. The van der Waals surface area contributed by atoms with Crippen LogP contribution < -0.4 is 0 Å². The van der Waals surface area contributed by atoms with Crippen molar-refractivity contribution in [3.63, 3.8) is 0 Å². The summed E-state index contributed by atoms with van der Waals surface area (Å²) in [6.45, 7) is 1.90. The second-order valence-electron chi connectivity index (χ2n) is 9.26. The van der Waals surface area contributed by atoms with Gasteiger partial charge in [-0.2, -0.15) is 0 Å². The van der Waals surface area contributed by atoms with E-state index in [1.807, 2.05) is 78.9 Å². The Morgan fingerprint density at radius 3 is 1.81 bits per heavy atom. The van der Waals surface area contributed by atoms with Crippen LogP contribution >= 0.6 is 0 Å². The van der Waals surface area contributed by atoms with Crippen LogP contribution in [0.3, 0.4) is 0 Å². The van der Waals surface area contributed by atoms with Crippen molar-refractivity contribution in [2.24, 2.45) is 5.92 Å². The Balaban J connectivity index is 1.51. The van der Waals surface area contributed by atoms with Gasteiger partial charge in [-0.15, -0.1) is 0 Å². The average Bonchev–Trinajstić information content (AvgIpc) is 2.92. The minimum absolute atomic E-state index is 0.00273. The molecular weight excluding hydrogens is 474 g/mol. The molecule has 0 radical (unpaired) electrons. The highest BCUT2D eigenvalue weighted by Gasteiger charge is 2.41. The Bertz CT molecular complexity index is 1050. The van der Waals surface area contributed by atoms with E-state index in [9.17, 15) is 8.76 Å². The van der Waals surface area contributed by atoms with Crippen LogP contribution in [0.25, 0.3) is 0 Å². The molecule has 3 aromatic carbocycles. The summed E-state index contributed by atoms with van der Waals surface area (Å²) in [4.78, 5) is 0. The van der Waals surface area contributed by atoms with Gasteiger partial charge in [0, 0.05) is 19.0 Å². The van der Waals surface area contributed by atoms with E-state index in [4.69, 9.17) is 14.2 Å². The Kier molecular flexibility index (Phi) is 10.2. The SMILES string of the molecule is CN([C@H]1CC(COCc2ccccc2)[C@@H](OCc2ccccc2)C(OCc2ccccc2)C1)S(=O)O.